The van der Waals surface area contributed by atoms with Crippen molar-refractivity contribution >= 4 is 18.3 Å². The van der Waals surface area contributed by atoms with Gasteiger partial charge in [-0.2, -0.15) is 4.98 Å². The number of benzene rings is 1. The molecule has 2 aromatic rings. The van der Waals surface area contributed by atoms with Crippen LogP contribution >= 0.6 is 12.4 Å². The van der Waals surface area contributed by atoms with Crippen molar-refractivity contribution in [1.82, 2.24) is 20.4 Å². The van der Waals surface area contributed by atoms with E-state index >= 15 is 0 Å². The van der Waals surface area contributed by atoms with Crippen molar-refractivity contribution in [3.05, 3.63) is 46.9 Å². The first-order valence-corrected chi connectivity index (χ1v) is 8.81. The van der Waals surface area contributed by atoms with Gasteiger partial charge in [0.05, 0.1) is 13.1 Å². The Morgan fingerprint density at radius 3 is 2.78 bits per heavy atom. The highest BCUT2D eigenvalue weighted by atomic mass is 35.5. The standard InChI is InChI=1S/C18H24FN5O2.ClH/c1-12-2-3-13(8-15(12)19)10-21-18(25)14-4-6-24(7-5-14)11-16-22-17(9-20)26-23-16;/h2-3,8,14H,4-7,9-11,20H2,1H3,(H,21,25);1H. The van der Waals surface area contributed by atoms with Crippen molar-refractivity contribution in [3.63, 3.8) is 0 Å². The third kappa shape index (κ3) is 5.72. The van der Waals surface area contributed by atoms with Crippen LogP contribution < -0.4 is 11.1 Å². The van der Waals surface area contributed by atoms with E-state index in [-0.39, 0.29) is 36.6 Å². The molecule has 0 spiro atoms. The summed E-state index contributed by atoms with van der Waals surface area (Å²) >= 11 is 0. The summed E-state index contributed by atoms with van der Waals surface area (Å²) in [7, 11) is 0. The van der Waals surface area contributed by atoms with Crippen LogP contribution in [-0.4, -0.2) is 34.0 Å². The van der Waals surface area contributed by atoms with Crippen LogP contribution in [0.3, 0.4) is 0 Å². The van der Waals surface area contributed by atoms with Crippen LogP contribution in [0.25, 0.3) is 0 Å². The largest absolute Gasteiger partial charge is 0.352 e. The van der Waals surface area contributed by atoms with Gasteiger partial charge in [0.25, 0.3) is 0 Å². The highest BCUT2D eigenvalue weighted by Crippen LogP contribution is 2.19. The summed E-state index contributed by atoms with van der Waals surface area (Å²) in [5.74, 6) is 0.808. The van der Waals surface area contributed by atoms with Crippen molar-refractivity contribution in [2.75, 3.05) is 13.1 Å². The van der Waals surface area contributed by atoms with E-state index in [1.165, 1.54) is 6.07 Å². The van der Waals surface area contributed by atoms with Crippen LogP contribution in [-0.2, 0) is 24.4 Å². The normalized spacial score (nSPS) is 15.4. The second-order valence-electron chi connectivity index (χ2n) is 6.66. The van der Waals surface area contributed by atoms with Gasteiger partial charge < -0.3 is 15.6 Å². The van der Waals surface area contributed by atoms with Gasteiger partial charge >= 0.3 is 0 Å². The Bertz CT molecular complexity index is 762. The SMILES string of the molecule is Cc1ccc(CNC(=O)C2CCN(Cc3noc(CN)n3)CC2)cc1F.Cl. The van der Waals surface area contributed by atoms with Gasteiger partial charge in [0.1, 0.15) is 5.82 Å². The Morgan fingerprint density at radius 2 is 2.15 bits per heavy atom. The quantitative estimate of drug-likeness (QED) is 0.773. The number of carbonyl (C=O) groups is 1. The van der Waals surface area contributed by atoms with E-state index in [0.717, 1.165) is 31.5 Å². The Labute approximate surface area is 163 Å². The summed E-state index contributed by atoms with van der Waals surface area (Å²) in [5, 5.41) is 6.81. The lowest BCUT2D eigenvalue weighted by Gasteiger charge is -2.30. The number of nitrogens with zero attached hydrogens (tertiary/aromatic N) is 3. The molecule has 27 heavy (non-hydrogen) atoms. The lowest BCUT2D eigenvalue weighted by molar-refractivity contribution is -0.126. The number of aromatic nitrogens is 2. The van der Waals surface area contributed by atoms with Gasteiger partial charge in [-0.3, -0.25) is 9.69 Å². The molecule has 3 N–H and O–H groups in total. The number of nitrogens with one attached hydrogen (secondary N) is 1. The van der Waals surface area contributed by atoms with Crippen molar-refractivity contribution in [2.24, 2.45) is 11.7 Å². The highest BCUT2D eigenvalue weighted by molar-refractivity contribution is 5.85. The van der Waals surface area contributed by atoms with Crippen molar-refractivity contribution < 1.29 is 13.7 Å². The van der Waals surface area contributed by atoms with Crippen LogP contribution in [0.15, 0.2) is 22.7 Å². The maximum atomic E-state index is 13.6. The van der Waals surface area contributed by atoms with Crippen molar-refractivity contribution in [3.8, 4) is 0 Å². The van der Waals surface area contributed by atoms with E-state index in [2.05, 4.69) is 20.4 Å². The number of halogens is 2. The summed E-state index contributed by atoms with van der Waals surface area (Å²) in [6.07, 6.45) is 1.55. The molecule has 3 rings (SSSR count). The van der Waals surface area contributed by atoms with Crippen LogP contribution in [0.5, 0.6) is 0 Å². The maximum absolute atomic E-state index is 13.6. The highest BCUT2D eigenvalue weighted by Gasteiger charge is 2.25. The van der Waals surface area contributed by atoms with E-state index in [0.29, 0.717) is 30.4 Å². The number of hydrogen-bond donors (Lipinski definition) is 2. The number of likely N-dealkylation sites (tertiary alicyclic amines) is 1. The van der Waals surface area contributed by atoms with Crippen LogP contribution in [0.4, 0.5) is 4.39 Å². The molecule has 1 aliphatic rings. The molecule has 7 nitrogen and oxygen atoms in total. The molecular weight excluding hydrogens is 373 g/mol. The van der Waals surface area contributed by atoms with Crippen LogP contribution in [0.1, 0.15) is 35.7 Å². The first-order chi connectivity index (χ1) is 12.5. The number of amides is 1. The van der Waals surface area contributed by atoms with Gasteiger partial charge in [0, 0.05) is 12.5 Å². The maximum Gasteiger partial charge on any atom is 0.240 e. The number of nitrogens with two attached hydrogens (primary N) is 1. The molecule has 0 aliphatic carbocycles. The summed E-state index contributed by atoms with van der Waals surface area (Å²) in [6.45, 7) is 4.49. The number of aryl methyl sites for hydroxylation is 1. The molecule has 1 aromatic heterocycles. The van der Waals surface area contributed by atoms with Crippen LogP contribution in [0, 0.1) is 18.7 Å². The predicted molar refractivity (Wildman–Crippen MR) is 100 cm³/mol. The average molecular weight is 398 g/mol. The minimum Gasteiger partial charge on any atom is -0.352 e. The fourth-order valence-corrected chi connectivity index (χ4v) is 3.07. The zero-order chi connectivity index (χ0) is 18.5. The number of rotatable bonds is 6. The van der Waals surface area contributed by atoms with Gasteiger partial charge in [0.15, 0.2) is 5.82 Å². The van der Waals surface area contributed by atoms with Gasteiger partial charge in [-0.1, -0.05) is 17.3 Å². The smallest absolute Gasteiger partial charge is 0.240 e. The Hall–Kier alpha value is -2.03. The average Bonchev–Trinajstić information content (AvgIpc) is 3.10. The molecule has 0 radical (unpaired) electrons. The number of piperidine rings is 1. The second kappa shape index (κ2) is 9.77. The van der Waals surface area contributed by atoms with E-state index < -0.39 is 0 Å². The molecule has 1 aromatic carbocycles. The zero-order valence-corrected chi connectivity index (χ0v) is 16.1. The first-order valence-electron chi connectivity index (χ1n) is 8.81. The molecule has 0 bridgehead atoms. The summed E-state index contributed by atoms with van der Waals surface area (Å²) < 4.78 is 18.6. The molecule has 1 fully saturated rings. The van der Waals surface area contributed by atoms with Gasteiger partial charge in [-0.05, 0) is 50.0 Å². The molecule has 148 valence electrons. The van der Waals surface area contributed by atoms with Gasteiger partial charge in [-0.25, -0.2) is 4.39 Å². The van der Waals surface area contributed by atoms with Gasteiger partial charge in [0.2, 0.25) is 11.8 Å². The van der Waals surface area contributed by atoms with E-state index in [1.54, 1.807) is 13.0 Å². The molecule has 1 saturated heterocycles. The first kappa shape index (κ1) is 21.3. The van der Waals surface area contributed by atoms with Crippen LogP contribution in [0.2, 0.25) is 0 Å². The third-order valence-electron chi connectivity index (χ3n) is 4.71. The van der Waals surface area contributed by atoms with Crippen molar-refractivity contribution in [2.45, 2.75) is 39.4 Å². The third-order valence-corrected chi connectivity index (χ3v) is 4.71. The number of hydrogen-bond acceptors (Lipinski definition) is 6. The summed E-state index contributed by atoms with van der Waals surface area (Å²) in [6, 6.07) is 5.03. The fourth-order valence-electron chi connectivity index (χ4n) is 3.07. The van der Waals surface area contributed by atoms with E-state index in [4.69, 9.17) is 10.3 Å². The van der Waals surface area contributed by atoms with Gasteiger partial charge in [-0.15, -0.1) is 12.4 Å². The second-order valence-corrected chi connectivity index (χ2v) is 6.66. The Kier molecular flexibility index (Phi) is 7.70. The lowest BCUT2D eigenvalue weighted by Crippen LogP contribution is -2.40. The minimum absolute atomic E-state index is 0. The molecule has 1 amide bonds. The topological polar surface area (TPSA) is 97.3 Å². The molecule has 0 unspecified atom stereocenters. The zero-order valence-electron chi connectivity index (χ0n) is 15.3. The summed E-state index contributed by atoms with van der Waals surface area (Å²) in [5.41, 5.74) is 6.83. The number of carbonyl (C=O) groups excluding carboxylic acids is 1. The Morgan fingerprint density at radius 1 is 1.41 bits per heavy atom. The molecule has 9 heteroatoms. The molecule has 0 atom stereocenters. The summed E-state index contributed by atoms with van der Waals surface area (Å²) in [4.78, 5) is 18.8. The van der Waals surface area contributed by atoms with Crippen molar-refractivity contribution in [1.29, 1.82) is 0 Å². The molecule has 0 saturated carbocycles. The molecular formula is C18H25ClFN5O2. The van der Waals surface area contributed by atoms with E-state index in [1.807, 2.05) is 6.07 Å². The minimum atomic E-state index is -0.246. The Balaban J connectivity index is 0.00000261. The molecule has 1 aliphatic heterocycles. The predicted octanol–water partition coefficient (Wildman–Crippen LogP) is 1.93. The lowest BCUT2D eigenvalue weighted by atomic mass is 9.96. The van der Waals surface area contributed by atoms with E-state index in [9.17, 15) is 9.18 Å². The fraction of sp³-hybridized carbons (Fsp3) is 0.500. The molecule has 2 heterocycles. The monoisotopic (exact) mass is 397 g/mol.